The number of hydrogen-bond donors (Lipinski definition) is 2. The van der Waals surface area contributed by atoms with Crippen molar-refractivity contribution in [2.24, 2.45) is 0 Å². The van der Waals surface area contributed by atoms with Crippen LogP contribution in [0.15, 0.2) is 46.9 Å². The molecule has 0 spiro atoms. The molecule has 1 aliphatic rings. The Bertz CT molecular complexity index is 736. The molecule has 2 aromatic rings. The van der Waals surface area contributed by atoms with Gasteiger partial charge in [0.15, 0.2) is 0 Å². The van der Waals surface area contributed by atoms with E-state index in [-0.39, 0.29) is 5.91 Å². The van der Waals surface area contributed by atoms with E-state index in [1.54, 1.807) is 18.2 Å². The zero-order valence-electron chi connectivity index (χ0n) is 10.4. The second-order valence-electron chi connectivity index (χ2n) is 4.49. The number of hydrogen-bond acceptors (Lipinski definition) is 3. The second-order valence-corrected chi connectivity index (χ2v) is 5.41. The molecule has 0 fully saturated rings. The lowest BCUT2D eigenvalue weighted by molar-refractivity contribution is -0.116. The molecule has 1 atom stereocenters. The number of benzene rings is 2. The van der Waals surface area contributed by atoms with E-state index >= 15 is 0 Å². The van der Waals surface area contributed by atoms with E-state index in [1.807, 2.05) is 24.3 Å². The molecule has 0 aromatic heterocycles. The van der Waals surface area contributed by atoms with Crippen LogP contribution in [0.2, 0.25) is 0 Å². The highest BCUT2D eigenvalue weighted by Gasteiger charge is 2.30. The molecule has 2 N–H and O–H groups in total. The third-order valence-electron chi connectivity index (χ3n) is 3.15. The van der Waals surface area contributed by atoms with Crippen molar-refractivity contribution < 1.29 is 4.79 Å². The highest BCUT2D eigenvalue weighted by atomic mass is 79.9. The Hall–Kier alpha value is -2.32. The Morgan fingerprint density at radius 1 is 1.25 bits per heavy atom. The molecule has 0 saturated heterocycles. The van der Waals surface area contributed by atoms with E-state index < -0.39 is 6.04 Å². The number of fused-ring (bicyclic) bond motifs is 1. The van der Waals surface area contributed by atoms with E-state index in [2.05, 4.69) is 32.6 Å². The summed E-state index contributed by atoms with van der Waals surface area (Å²) in [5, 5.41) is 14.9. The molecule has 1 amide bonds. The van der Waals surface area contributed by atoms with E-state index in [0.717, 1.165) is 21.4 Å². The van der Waals surface area contributed by atoms with Gasteiger partial charge in [0.05, 0.1) is 11.6 Å². The molecular formula is C15H10BrN3O. The topological polar surface area (TPSA) is 64.9 Å². The second kappa shape index (κ2) is 4.99. The number of amides is 1. The standard InChI is InChI=1S/C15H10BrN3O/c16-10-4-5-13-12(7-10)14(15(20)19-13)18-11-3-1-2-9(6-11)8-17/h1-7,14,18H,(H,19,20). The zero-order valence-corrected chi connectivity index (χ0v) is 11.9. The van der Waals surface area contributed by atoms with Gasteiger partial charge in [0, 0.05) is 21.4 Å². The molecule has 0 radical (unpaired) electrons. The fraction of sp³-hybridized carbons (Fsp3) is 0.0667. The van der Waals surface area contributed by atoms with Crippen molar-refractivity contribution in [2.75, 3.05) is 10.6 Å². The van der Waals surface area contributed by atoms with Crippen LogP contribution >= 0.6 is 15.9 Å². The van der Waals surface area contributed by atoms with Gasteiger partial charge in [0.2, 0.25) is 0 Å². The molecule has 1 heterocycles. The first-order valence-corrected chi connectivity index (χ1v) is 6.84. The average molecular weight is 328 g/mol. The molecule has 20 heavy (non-hydrogen) atoms. The van der Waals surface area contributed by atoms with Gasteiger partial charge in [-0.1, -0.05) is 22.0 Å². The van der Waals surface area contributed by atoms with Gasteiger partial charge in [-0.15, -0.1) is 0 Å². The van der Waals surface area contributed by atoms with Crippen LogP contribution in [0.4, 0.5) is 11.4 Å². The van der Waals surface area contributed by atoms with Crippen LogP contribution in [0.3, 0.4) is 0 Å². The lowest BCUT2D eigenvalue weighted by Gasteiger charge is -2.13. The number of rotatable bonds is 2. The van der Waals surface area contributed by atoms with Crippen LogP contribution in [0, 0.1) is 11.3 Å². The van der Waals surface area contributed by atoms with Gasteiger partial charge in [-0.25, -0.2) is 0 Å². The van der Waals surface area contributed by atoms with E-state index in [4.69, 9.17) is 5.26 Å². The van der Waals surface area contributed by atoms with Gasteiger partial charge >= 0.3 is 0 Å². The predicted molar refractivity (Wildman–Crippen MR) is 80.3 cm³/mol. The summed E-state index contributed by atoms with van der Waals surface area (Å²) in [7, 11) is 0. The van der Waals surface area contributed by atoms with E-state index in [0.29, 0.717) is 5.56 Å². The summed E-state index contributed by atoms with van der Waals surface area (Å²) in [6.45, 7) is 0. The number of nitriles is 1. The molecule has 1 unspecified atom stereocenters. The Kier molecular flexibility index (Phi) is 3.17. The first-order chi connectivity index (χ1) is 9.67. The van der Waals surface area contributed by atoms with Gasteiger partial charge < -0.3 is 10.6 Å². The monoisotopic (exact) mass is 327 g/mol. The lowest BCUT2D eigenvalue weighted by atomic mass is 10.1. The summed E-state index contributed by atoms with van der Waals surface area (Å²) in [4.78, 5) is 12.0. The minimum atomic E-state index is -0.448. The van der Waals surface area contributed by atoms with Crippen LogP contribution < -0.4 is 10.6 Å². The van der Waals surface area contributed by atoms with Crippen molar-refractivity contribution in [3.63, 3.8) is 0 Å². The molecule has 2 aromatic carbocycles. The maximum Gasteiger partial charge on any atom is 0.251 e. The quantitative estimate of drug-likeness (QED) is 0.888. The Labute approximate surface area is 124 Å². The van der Waals surface area contributed by atoms with Crippen LogP contribution in [0.1, 0.15) is 17.2 Å². The smallest absolute Gasteiger partial charge is 0.251 e. The number of anilines is 2. The van der Waals surface area contributed by atoms with Crippen molar-refractivity contribution >= 4 is 33.2 Å². The van der Waals surface area contributed by atoms with Crippen LogP contribution in [-0.4, -0.2) is 5.91 Å². The normalized spacial score (nSPS) is 16.2. The van der Waals surface area contributed by atoms with Gasteiger partial charge in [-0.05, 0) is 36.4 Å². The molecule has 5 heteroatoms. The number of nitrogens with one attached hydrogen (secondary N) is 2. The largest absolute Gasteiger partial charge is 0.370 e. The number of carbonyl (C=O) groups excluding carboxylic acids is 1. The van der Waals surface area contributed by atoms with Gasteiger partial charge in [0.1, 0.15) is 6.04 Å². The SMILES string of the molecule is N#Cc1cccc(NC2C(=O)Nc3ccc(Br)cc32)c1. The molecule has 0 saturated carbocycles. The summed E-state index contributed by atoms with van der Waals surface area (Å²) in [5.41, 5.74) is 3.01. The summed E-state index contributed by atoms with van der Waals surface area (Å²) >= 11 is 3.41. The van der Waals surface area contributed by atoms with Crippen LogP contribution in [0.25, 0.3) is 0 Å². The number of halogens is 1. The number of nitrogens with zero attached hydrogens (tertiary/aromatic N) is 1. The minimum Gasteiger partial charge on any atom is -0.370 e. The molecular weight excluding hydrogens is 318 g/mol. The van der Waals surface area contributed by atoms with Gasteiger partial charge in [-0.3, -0.25) is 4.79 Å². The summed E-state index contributed by atoms with van der Waals surface area (Å²) in [5.74, 6) is -0.0968. The van der Waals surface area contributed by atoms with Crippen LogP contribution in [-0.2, 0) is 4.79 Å². The number of carbonyl (C=O) groups is 1. The third-order valence-corrected chi connectivity index (χ3v) is 3.64. The molecule has 3 rings (SSSR count). The van der Waals surface area contributed by atoms with E-state index in [1.165, 1.54) is 0 Å². The molecule has 98 valence electrons. The lowest BCUT2D eigenvalue weighted by Crippen LogP contribution is -2.19. The minimum absolute atomic E-state index is 0.0968. The average Bonchev–Trinajstić information content (AvgIpc) is 2.75. The Balaban J connectivity index is 1.94. The Morgan fingerprint density at radius 2 is 2.10 bits per heavy atom. The van der Waals surface area contributed by atoms with Crippen LogP contribution in [0.5, 0.6) is 0 Å². The summed E-state index contributed by atoms with van der Waals surface area (Å²) < 4.78 is 0.922. The van der Waals surface area contributed by atoms with Gasteiger partial charge in [-0.2, -0.15) is 5.26 Å². The highest BCUT2D eigenvalue weighted by Crippen LogP contribution is 2.35. The zero-order chi connectivity index (χ0) is 14.1. The van der Waals surface area contributed by atoms with Crippen molar-refractivity contribution in [2.45, 2.75) is 6.04 Å². The third kappa shape index (κ3) is 2.26. The van der Waals surface area contributed by atoms with E-state index in [9.17, 15) is 4.79 Å². The fourth-order valence-corrected chi connectivity index (χ4v) is 2.60. The first-order valence-electron chi connectivity index (χ1n) is 6.04. The molecule has 0 aliphatic carbocycles. The molecule has 1 aliphatic heterocycles. The maximum absolute atomic E-state index is 12.0. The van der Waals surface area contributed by atoms with Crippen molar-refractivity contribution in [3.8, 4) is 6.07 Å². The molecule has 0 bridgehead atoms. The molecule has 4 nitrogen and oxygen atoms in total. The van der Waals surface area contributed by atoms with Crippen molar-refractivity contribution in [3.05, 3.63) is 58.1 Å². The maximum atomic E-state index is 12.0. The first kappa shape index (κ1) is 12.7. The fourth-order valence-electron chi connectivity index (χ4n) is 2.22. The Morgan fingerprint density at radius 3 is 2.90 bits per heavy atom. The predicted octanol–water partition coefficient (Wildman–Crippen LogP) is 3.43. The van der Waals surface area contributed by atoms with Gasteiger partial charge in [0.25, 0.3) is 5.91 Å². The van der Waals surface area contributed by atoms with Crippen molar-refractivity contribution in [1.82, 2.24) is 0 Å². The summed E-state index contributed by atoms with van der Waals surface area (Å²) in [6.07, 6.45) is 0. The van der Waals surface area contributed by atoms with Crippen molar-refractivity contribution in [1.29, 1.82) is 5.26 Å². The summed E-state index contributed by atoms with van der Waals surface area (Å²) in [6, 6.07) is 14.4. The highest BCUT2D eigenvalue weighted by molar-refractivity contribution is 9.10.